The summed E-state index contributed by atoms with van der Waals surface area (Å²) < 4.78 is 20.6. The predicted molar refractivity (Wildman–Crippen MR) is 87.6 cm³/mol. The topological polar surface area (TPSA) is 50.1 Å². The zero-order valence-corrected chi connectivity index (χ0v) is 15.4. The molecule has 1 atom stereocenters. The van der Waals surface area contributed by atoms with Gasteiger partial charge in [0.25, 0.3) is 0 Å². The van der Waals surface area contributed by atoms with Crippen LogP contribution in [0, 0.1) is 11.3 Å². The number of carbonyl (C=O) groups excluding carboxylic acids is 1. The van der Waals surface area contributed by atoms with E-state index in [1.807, 2.05) is 0 Å². The lowest BCUT2D eigenvalue weighted by molar-refractivity contribution is -0.155. The van der Waals surface area contributed by atoms with Gasteiger partial charge in [-0.25, -0.2) is 4.39 Å². The van der Waals surface area contributed by atoms with E-state index >= 15 is 0 Å². The molecule has 0 bridgehead atoms. The van der Waals surface area contributed by atoms with Gasteiger partial charge in [-0.05, 0) is 32.9 Å². The van der Waals surface area contributed by atoms with Crippen LogP contribution in [0.4, 0.5) is 4.39 Å². The van der Waals surface area contributed by atoms with Gasteiger partial charge in [-0.3, -0.25) is 4.79 Å². The SMILES string of the molecule is CC(C)(C)OC(=O)CCC(F)(C#N)c1c(Cl)cc(Br)cc1Cl. The Balaban J connectivity index is 3.00. The summed E-state index contributed by atoms with van der Waals surface area (Å²) in [7, 11) is 0. The second kappa shape index (κ2) is 7.16. The first-order valence-corrected chi connectivity index (χ1v) is 8.00. The Kier molecular flexibility index (Phi) is 6.26. The molecule has 0 saturated heterocycles. The summed E-state index contributed by atoms with van der Waals surface area (Å²) in [4.78, 5) is 11.7. The third kappa shape index (κ3) is 5.12. The van der Waals surface area contributed by atoms with Crippen LogP contribution in [0.15, 0.2) is 16.6 Å². The first-order valence-electron chi connectivity index (χ1n) is 6.45. The zero-order valence-electron chi connectivity index (χ0n) is 12.3. The average Bonchev–Trinajstić information content (AvgIpc) is 2.33. The van der Waals surface area contributed by atoms with Gasteiger partial charge in [-0.2, -0.15) is 5.26 Å². The Hall–Kier alpha value is -0.830. The number of carbonyl (C=O) groups is 1. The second-order valence-corrected chi connectivity index (χ2v) is 7.47. The van der Waals surface area contributed by atoms with Crippen molar-refractivity contribution in [2.24, 2.45) is 0 Å². The number of nitrogens with zero attached hydrogens (tertiary/aromatic N) is 1. The minimum atomic E-state index is -2.47. The van der Waals surface area contributed by atoms with Gasteiger partial charge in [0, 0.05) is 22.9 Å². The summed E-state index contributed by atoms with van der Waals surface area (Å²) in [5.74, 6) is -0.589. The van der Waals surface area contributed by atoms with Gasteiger partial charge in [0.05, 0.1) is 10.0 Å². The molecule has 1 aromatic rings. The van der Waals surface area contributed by atoms with Gasteiger partial charge in [0.1, 0.15) is 11.7 Å². The summed E-state index contributed by atoms with van der Waals surface area (Å²) in [5, 5.41) is 9.24. The third-order valence-corrected chi connectivity index (χ3v) is 3.73. The monoisotopic (exact) mass is 409 g/mol. The molecule has 0 N–H and O–H groups in total. The molecule has 22 heavy (non-hydrogen) atoms. The highest BCUT2D eigenvalue weighted by Crippen LogP contribution is 2.41. The fourth-order valence-electron chi connectivity index (χ4n) is 1.82. The number of halogens is 4. The number of rotatable bonds is 4. The van der Waals surface area contributed by atoms with Crippen LogP contribution in [-0.2, 0) is 15.2 Å². The quantitative estimate of drug-likeness (QED) is 0.610. The van der Waals surface area contributed by atoms with Crippen LogP contribution in [-0.4, -0.2) is 11.6 Å². The number of alkyl halides is 1. The second-order valence-electron chi connectivity index (χ2n) is 5.74. The molecule has 0 aliphatic rings. The van der Waals surface area contributed by atoms with Gasteiger partial charge in [-0.1, -0.05) is 39.1 Å². The summed E-state index contributed by atoms with van der Waals surface area (Å²) in [6.45, 7) is 5.13. The van der Waals surface area contributed by atoms with E-state index in [0.29, 0.717) is 4.47 Å². The van der Waals surface area contributed by atoms with Gasteiger partial charge < -0.3 is 4.74 Å². The highest BCUT2D eigenvalue weighted by molar-refractivity contribution is 9.10. The van der Waals surface area contributed by atoms with Gasteiger partial charge in [0.15, 0.2) is 0 Å². The first kappa shape index (κ1) is 19.2. The van der Waals surface area contributed by atoms with Crippen molar-refractivity contribution >= 4 is 45.1 Å². The maximum absolute atomic E-state index is 14.9. The molecule has 0 radical (unpaired) electrons. The van der Waals surface area contributed by atoms with Crippen LogP contribution in [0.25, 0.3) is 0 Å². The van der Waals surface area contributed by atoms with Crippen LogP contribution >= 0.6 is 39.1 Å². The molecule has 1 unspecified atom stereocenters. The van der Waals surface area contributed by atoms with Crippen molar-refractivity contribution in [2.75, 3.05) is 0 Å². The summed E-state index contributed by atoms with van der Waals surface area (Å²) in [6, 6.07) is 4.45. The smallest absolute Gasteiger partial charge is 0.306 e. The van der Waals surface area contributed by atoms with E-state index in [4.69, 9.17) is 27.9 Å². The molecular weight excluding hydrogens is 396 g/mol. The van der Waals surface area contributed by atoms with E-state index < -0.39 is 17.2 Å². The molecule has 0 spiro atoms. The fourth-order valence-corrected chi connectivity index (χ4v) is 3.33. The molecule has 0 amide bonds. The van der Waals surface area contributed by atoms with Crippen molar-refractivity contribution in [1.29, 1.82) is 5.26 Å². The summed E-state index contributed by atoms with van der Waals surface area (Å²) in [6.07, 6.45) is -0.649. The largest absolute Gasteiger partial charge is 0.460 e. The van der Waals surface area contributed by atoms with Crippen molar-refractivity contribution in [3.8, 4) is 6.07 Å². The Labute approximate surface area is 147 Å². The number of benzene rings is 1. The molecular formula is C15H15BrCl2FNO2. The van der Waals surface area contributed by atoms with Crippen molar-refractivity contribution < 1.29 is 13.9 Å². The zero-order chi connectivity index (χ0) is 17.1. The number of nitriles is 1. The molecule has 0 aliphatic carbocycles. The van der Waals surface area contributed by atoms with Gasteiger partial charge in [-0.15, -0.1) is 0 Å². The molecule has 0 fully saturated rings. The Bertz CT molecular complexity index is 602. The maximum atomic E-state index is 14.9. The minimum Gasteiger partial charge on any atom is -0.460 e. The van der Waals surface area contributed by atoms with Gasteiger partial charge in [0.2, 0.25) is 5.67 Å². The van der Waals surface area contributed by atoms with Crippen LogP contribution in [0.3, 0.4) is 0 Å². The molecule has 1 aromatic carbocycles. The van der Waals surface area contributed by atoms with E-state index in [9.17, 15) is 14.4 Å². The standard InChI is InChI=1S/C15H15BrCl2FNO2/c1-14(2,3)22-12(21)4-5-15(19,8-20)13-10(17)6-9(16)7-11(13)18/h6-7H,4-5H2,1-3H3. The number of esters is 1. The van der Waals surface area contributed by atoms with Crippen molar-refractivity contribution in [1.82, 2.24) is 0 Å². The van der Waals surface area contributed by atoms with E-state index in [1.165, 1.54) is 12.1 Å². The molecule has 3 nitrogen and oxygen atoms in total. The van der Waals surface area contributed by atoms with E-state index in [2.05, 4.69) is 15.9 Å². The summed E-state index contributed by atoms with van der Waals surface area (Å²) in [5.41, 5.74) is -3.27. The lowest BCUT2D eigenvalue weighted by Crippen LogP contribution is -2.26. The van der Waals surface area contributed by atoms with Crippen LogP contribution in [0.5, 0.6) is 0 Å². The lowest BCUT2D eigenvalue weighted by atomic mass is 9.92. The average molecular weight is 411 g/mol. The molecule has 0 aromatic heterocycles. The number of ether oxygens (including phenoxy) is 1. The van der Waals surface area contributed by atoms with Crippen LogP contribution in [0.1, 0.15) is 39.2 Å². The molecule has 1 rings (SSSR count). The highest BCUT2D eigenvalue weighted by atomic mass is 79.9. The normalized spacial score (nSPS) is 14.1. The van der Waals surface area contributed by atoms with E-state index in [1.54, 1.807) is 26.8 Å². The Morgan fingerprint density at radius 3 is 2.27 bits per heavy atom. The number of hydrogen-bond donors (Lipinski definition) is 0. The third-order valence-electron chi connectivity index (χ3n) is 2.67. The molecule has 7 heteroatoms. The first-order chi connectivity index (χ1) is 9.98. The molecule has 0 heterocycles. The maximum Gasteiger partial charge on any atom is 0.306 e. The highest BCUT2D eigenvalue weighted by Gasteiger charge is 2.37. The van der Waals surface area contributed by atoms with Crippen molar-refractivity contribution in [2.45, 2.75) is 44.9 Å². The molecule has 0 saturated carbocycles. The van der Waals surface area contributed by atoms with Crippen molar-refractivity contribution in [3.05, 3.63) is 32.2 Å². The van der Waals surface area contributed by atoms with E-state index in [-0.39, 0.29) is 28.5 Å². The Morgan fingerprint density at radius 2 is 1.86 bits per heavy atom. The van der Waals surface area contributed by atoms with E-state index in [0.717, 1.165) is 0 Å². The Morgan fingerprint density at radius 1 is 1.36 bits per heavy atom. The van der Waals surface area contributed by atoms with Crippen molar-refractivity contribution in [3.63, 3.8) is 0 Å². The molecule has 0 aliphatic heterocycles. The predicted octanol–water partition coefficient (Wildman–Crippen LogP) is 5.57. The number of hydrogen-bond acceptors (Lipinski definition) is 3. The summed E-state index contributed by atoms with van der Waals surface area (Å²) >= 11 is 15.2. The van der Waals surface area contributed by atoms with Crippen LogP contribution < -0.4 is 0 Å². The van der Waals surface area contributed by atoms with Crippen LogP contribution in [0.2, 0.25) is 10.0 Å². The lowest BCUT2D eigenvalue weighted by Gasteiger charge is -2.23. The fraction of sp³-hybridized carbons (Fsp3) is 0.467. The minimum absolute atomic E-state index is 0.0209. The van der Waals surface area contributed by atoms with Gasteiger partial charge >= 0.3 is 5.97 Å². The molecule has 120 valence electrons.